The average Bonchev–Trinajstić information content (AvgIpc) is 2.03. The van der Waals surface area contributed by atoms with E-state index < -0.39 is 5.24 Å². The monoisotopic (exact) mass is 231 g/mol. The summed E-state index contributed by atoms with van der Waals surface area (Å²) >= 11 is 7.62. The van der Waals surface area contributed by atoms with Gasteiger partial charge in [0.05, 0.1) is 0 Å². The van der Waals surface area contributed by atoms with E-state index in [1.165, 1.54) is 0 Å². The Hall–Kier alpha value is -1.34. The van der Waals surface area contributed by atoms with Gasteiger partial charge in [0.25, 0.3) is 10.4 Å². The first-order chi connectivity index (χ1) is 6.52. The van der Waals surface area contributed by atoms with Crippen LogP contribution in [0.3, 0.4) is 0 Å². The highest BCUT2D eigenvalue weighted by atomic mass is 32.1. The van der Waals surface area contributed by atoms with E-state index in [1.54, 1.807) is 24.5 Å². The number of thiol groups is 1. The summed E-state index contributed by atoms with van der Waals surface area (Å²) in [5.41, 5.74) is 9.45. The van der Waals surface area contributed by atoms with E-state index >= 15 is 0 Å². The SMILES string of the molecule is NC(=O)S.NC(=S)Oc1ccncc1. The topological polar surface area (TPSA) is 91.2 Å². The Morgan fingerprint density at radius 2 is 1.86 bits per heavy atom. The number of primary amides is 1. The van der Waals surface area contributed by atoms with Crippen LogP contribution in [0.5, 0.6) is 5.75 Å². The summed E-state index contributed by atoms with van der Waals surface area (Å²) in [6, 6.07) is 3.36. The number of rotatable bonds is 1. The molecule has 0 atom stereocenters. The van der Waals surface area contributed by atoms with Gasteiger partial charge in [-0.25, -0.2) is 0 Å². The van der Waals surface area contributed by atoms with Crippen LogP contribution in [0.4, 0.5) is 4.79 Å². The second-order valence-electron chi connectivity index (χ2n) is 1.94. The number of ether oxygens (including phenoxy) is 1. The lowest BCUT2D eigenvalue weighted by atomic mass is 10.5. The molecule has 0 aliphatic carbocycles. The first kappa shape index (κ1) is 12.7. The number of amides is 1. The third-order valence-corrected chi connectivity index (χ3v) is 0.952. The number of carbonyl (C=O) groups excluding carboxylic acids is 1. The van der Waals surface area contributed by atoms with Crippen molar-refractivity contribution in [2.24, 2.45) is 11.5 Å². The quantitative estimate of drug-likeness (QED) is 0.489. The fourth-order valence-corrected chi connectivity index (χ4v) is 0.619. The molecule has 0 saturated heterocycles. The fourth-order valence-electron chi connectivity index (χ4n) is 0.522. The van der Waals surface area contributed by atoms with Gasteiger partial charge in [0, 0.05) is 12.4 Å². The Morgan fingerprint density at radius 1 is 1.43 bits per heavy atom. The largest absolute Gasteiger partial charge is 0.432 e. The van der Waals surface area contributed by atoms with Crippen LogP contribution in [0.15, 0.2) is 24.5 Å². The van der Waals surface area contributed by atoms with Crippen molar-refractivity contribution in [2.45, 2.75) is 0 Å². The third-order valence-electron chi connectivity index (χ3n) is 0.868. The van der Waals surface area contributed by atoms with E-state index in [0.717, 1.165) is 0 Å². The zero-order valence-corrected chi connectivity index (χ0v) is 8.79. The minimum absolute atomic E-state index is 0.0196. The van der Waals surface area contributed by atoms with E-state index in [9.17, 15) is 0 Å². The van der Waals surface area contributed by atoms with Gasteiger partial charge in [-0.2, -0.15) is 0 Å². The molecule has 0 bridgehead atoms. The molecule has 0 saturated carbocycles. The van der Waals surface area contributed by atoms with Gasteiger partial charge in [0.1, 0.15) is 5.75 Å². The standard InChI is InChI=1S/C6H6N2OS.CH3NOS/c7-6(10)9-5-1-3-8-4-2-5;2-1(3)4/h1-4H,(H2,7,10);(H3,2,3,4). The van der Waals surface area contributed by atoms with Crippen molar-refractivity contribution in [3.8, 4) is 5.75 Å². The van der Waals surface area contributed by atoms with Gasteiger partial charge in [-0.3, -0.25) is 9.78 Å². The van der Waals surface area contributed by atoms with E-state index in [4.69, 9.17) is 15.3 Å². The van der Waals surface area contributed by atoms with Crippen molar-refractivity contribution in [3.05, 3.63) is 24.5 Å². The number of hydrogen-bond donors (Lipinski definition) is 3. The first-order valence-corrected chi connectivity index (χ1v) is 4.23. The maximum Gasteiger partial charge on any atom is 0.273 e. The highest BCUT2D eigenvalue weighted by Crippen LogP contribution is 2.05. The average molecular weight is 231 g/mol. The van der Waals surface area contributed by atoms with Crippen molar-refractivity contribution in [1.29, 1.82) is 0 Å². The molecule has 1 rings (SSSR count). The number of nitrogens with two attached hydrogens (primary N) is 2. The number of pyridine rings is 1. The molecular weight excluding hydrogens is 222 g/mol. The Balaban J connectivity index is 0.000000364. The molecule has 0 radical (unpaired) electrons. The zero-order chi connectivity index (χ0) is 11.0. The van der Waals surface area contributed by atoms with Crippen LogP contribution in [-0.2, 0) is 0 Å². The van der Waals surface area contributed by atoms with E-state index in [0.29, 0.717) is 5.75 Å². The normalized spacial score (nSPS) is 8.07. The predicted molar refractivity (Wildman–Crippen MR) is 60.2 cm³/mol. The highest BCUT2D eigenvalue weighted by Gasteiger charge is 1.90. The Bertz CT molecular complexity index is 301. The zero-order valence-electron chi connectivity index (χ0n) is 7.08. The molecule has 0 spiro atoms. The molecule has 14 heavy (non-hydrogen) atoms. The van der Waals surface area contributed by atoms with Gasteiger partial charge in [-0.15, -0.1) is 0 Å². The number of hydrogen-bond acceptors (Lipinski definition) is 4. The number of thiocarbonyl (C=S) groups is 1. The Labute approximate surface area is 91.9 Å². The van der Waals surface area contributed by atoms with Gasteiger partial charge in [0.2, 0.25) is 0 Å². The highest BCUT2D eigenvalue weighted by molar-refractivity contribution is 7.96. The molecule has 0 aliphatic rings. The molecule has 0 aliphatic heterocycles. The predicted octanol–water partition coefficient (Wildman–Crippen LogP) is 0.699. The van der Waals surface area contributed by atoms with Crippen LogP contribution in [-0.4, -0.2) is 15.4 Å². The number of carbonyl (C=O) groups is 1. The van der Waals surface area contributed by atoms with Crippen molar-refractivity contribution in [3.63, 3.8) is 0 Å². The minimum atomic E-state index is -0.639. The molecule has 0 unspecified atom stereocenters. The number of nitrogens with zero attached hydrogens (tertiary/aromatic N) is 1. The lowest BCUT2D eigenvalue weighted by Crippen LogP contribution is -2.15. The summed E-state index contributed by atoms with van der Waals surface area (Å²) in [6.45, 7) is 0. The molecule has 1 heterocycles. The van der Waals surface area contributed by atoms with Gasteiger partial charge >= 0.3 is 0 Å². The van der Waals surface area contributed by atoms with Crippen molar-refractivity contribution in [2.75, 3.05) is 0 Å². The molecule has 1 aromatic heterocycles. The smallest absolute Gasteiger partial charge is 0.273 e. The second kappa shape index (κ2) is 7.10. The molecule has 7 heteroatoms. The first-order valence-electron chi connectivity index (χ1n) is 3.38. The molecule has 1 aromatic rings. The van der Waals surface area contributed by atoms with Crippen molar-refractivity contribution < 1.29 is 9.53 Å². The van der Waals surface area contributed by atoms with Gasteiger partial charge in [-0.1, -0.05) is 12.6 Å². The van der Waals surface area contributed by atoms with Gasteiger partial charge < -0.3 is 16.2 Å². The fraction of sp³-hybridized carbons (Fsp3) is 0. The van der Waals surface area contributed by atoms with Gasteiger partial charge in [-0.05, 0) is 24.4 Å². The van der Waals surface area contributed by atoms with Crippen LogP contribution in [0.25, 0.3) is 0 Å². The molecular formula is C7H9N3O2S2. The summed E-state index contributed by atoms with van der Waals surface area (Å²) in [5, 5.41) is -0.619. The summed E-state index contributed by atoms with van der Waals surface area (Å²) in [4.78, 5) is 12.9. The Kier molecular flexibility index (Phi) is 6.42. The molecule has 0 aromatic carbocycles. The maximum atomic E-state index is 9.09. The lowest BCUT2D eigenvalue weighted by molar-refractivity contribution is 0.267. The van der Waals surface area contributed by atoms with Crippen LogP contribution in [0.2, 0.25) is 0 Å². The third kappa shape index (κ3) is 8.75. The Morgan fingerprint density at radius 3 is 2.21 bits per heavy atom. The molecule has 1 amide bonds. The maximum absolute atomic E-state index is 9.09. The van der Waals surface area contributed by atoms with Crippen LogP contribution >= 0.6 is 24.8 Å². The van der Waals surface area contributed by atoms with Crippen LogP contribution in [0, 0.1) is 0 Å². The summed E-state index contributed by atoms with van der Waals surface area (Å²) in [6.07, 6.45) is 3.21. The van der Waals surface area contributed by atoms with E-state index in [1.807, 2.05) is 0 Å². The minimum Gasteiger partial charge on any atom is -0.432 e. The molecule has 0 fully saturated rings. The number of aromatic nitrogens is 1. The second-order valence-corrected chi connectivity index (χ2v) is 2.79. The molecule has 5 nitrogen and oxygen atoms in total. The summed E-state index contributed by atoms with van der Waals surface area (Å²) in [5.74, 6) is 0.613. The van der Waals surface area contributed by atoms with Crippen molar-refractivity contribution >= 4 is 35.3 Å². The van der Waals surface area contributed by atoms with Crippen LogP contribution in [0.1, 0.15) is 0 Å². The van der Waals surface area contributed by atoms with Crippen molar-refractivity contribution in [1.82, 2.24) is 4.98 Å². The van der Waals surface area contributed by atoms with E-state index in [2.05, 4.69) is 35.6 Å². The molecule has 76 valence electrons. The summed E-state index contributed by atoms with van der Waals surface area (Å²) < 4.78 is 4.88. The molecule has 4 N–H and O–H groups in total. The van der Waals surface area contributed by atoms with Gasteiger partial charge in [0.15, 0.2) is 0 Å². The van der Waals surface area contributed by atoms with Crippen LogP contribution < -0.4 is 16.2 Å². The lowest BCUT2D eigenvalue weighted by Gasteiger charge is -1.99. The summed E-state index contributed by atoms with van der Waals surface area (Å²) in [7, 11) is 0. The van der Waals surface area contributed by atoms with E-state index in [-0.39, 0.29) is 5.17 Å².